The van der Waals surface area contributed by atoms with E-state index in [-0.39, 0.29) is 47.2 Å². The second-order valence-electron chi connectivity index (χ2n) is 10.3. The molecule has 0 fully saturated rings. The molecule has 0 saturated carbocycles. The zero-order valence-corrected chi connectivity index (χ0v) is 21.0. The van der Waals surface area contributed by atoms with Gasteiger partial charge in [-0.15, -0.1) is 0 Å². The molecule has 0 saturated heterocycles. The van der Waals surface area contributed by atoms with E-state index in [0.29, 0.717) is 5.02 Å². The fourth-order valence-electron chi connectivity index (χ4n) is 5.36. The molecule has 1 aliphatic carbocycles. The van der Waals surface area contributed by atoms with E-state index < -0.39 is 0 Å². The maximum atomic E-state index is 13.2. The Balaban J connectivity index is 1.53. The third-order valence-corrected chi connectivity index (χ3v) is 7.71. The Morgan fingerprint density at radius 1 is 1.06 bits per heavy atom. The standard InChI is InChI=1S/C30H28ClNO4/c1-30(2)10-9-17-11-18(29-20(16-33)12-19-13-21(31)4-8-26(19)32-29)3-6-23(17)25(30)15-28(36)24-7-5-22(34)14-27(24)35/h3-8,11-14,25,33-35H,9-10,15-16H2,1-2H3. The molecule has 6 heteroatoms. The quantitative estimate of drug-likeness (QED) is 0.262. The Morgan fingerprint density at radius 3 is 2.61 bits per heavy atom. The first-order valence-corrected chi connectivity index (χ1v) is 12.4. The Bertz CT molecular complexity index is 1490. The average molecular weight is 502 g/mol. The maximum absolute atomic E-state index is 13.2. The molecule has 0 bridgehead atoms. The van der Waals surface area contributed by atoms with Crippen molar-refractivity contribution >= 4 is 28.3 Å². The van der Waals surface area contributed by atoms with Gasteiger partial charge >= 0.3 is 0 Å². The van der Waals surface area contributed by atoms with E-state index in [1.807, 2.05) is 30.3 Å². The Labute approximate surface area is 215 Å². The van der Waals surface area contributed by atoms with Gasteiger partial charge in [0.1, 0.15) is 11.5 Å². The number of ketones is 1. The molecule has 0 aliphatic heterocycles. The molecule has 1 atom stereocenters. The highest BCUT2D eigenvalue weighted by Gasteiger charge is 2.37. The van der Waals surface area contributed by atoms with Gasteiger partial charge < -0.3 is 15.3 Å². The molecule has 184 valence electrons. The summed E-state index contributed by atoms with van der Waals surface area (Å²) in [6, 6.07) is 17.8. The second kappa shape index (κ2) is 9.23. The van der Waals surface area contributed by atoms with Gasteiger partial charge in [-0.1, -0.05) is 37.6 Å². The zero-order chi connectivity index (χ0) is 25.6. The summed E-state index contributed by atoms with van der Waals surface area (Å²) < 4.78 is 0. The number of fused-ring (bicyclic) bond motifs is 2. The van der Waals surface area contributed by atoms with Crippen molar-refractivity contribution in [2.45, 2.75) is 45.6 Å². The topological polar surface area (TPSA) is 90.7 Å². The number of nitrogens with zero attached hydrogens (tertiary/aromatic N) is 1. The maximum Gasteiger partial charge on any atom is 0.167 e. The lowest BCUT2D eigenvalue weighted by atomic mass is 9.64. The summed E-state index contributed by atoms with van der Waals surface area (Å²) in [5.41, 5.74) is 5.62. The van der Waals surface area contributed by atoms with Crippen LogP contribution in [0.3, 0.4) is 0 Å². The molecule has 1 aliphatic rings. The number of benzene rings is 3. The van der Waals surface area contributed by atoms with Crippen LogP contribution in [0.5, 0.6) is 11.5 Å². The molecule has 0 spiro atoms. The molecule has 0 amide bonds. The number of carbonyl (C=O) groups excluding carboxylic acids is 1. The van der Waals surface area contributed by atoms with Gasteiger partial charge in [-0.3, -0.25) is 4.79 Å². The van der Waals surface area contributed by atoms with Crippen molar-refractivity contribution in [3.8, 4) is 22.8 Å². The van der Waals surface area contributed by atoms with Crippen molar-refractivity contribution < 1.29 is 20.1 Å². The lowest BCUT2D eigenvalue weighted by molar-refractivity contribution is 0.0935. The van der Waals surface area contributed by atoms with Gasteiger partial charge in [-0.2, -0.15) is 0 Å². The van der Waals surface area contributed by atoms with Crippen molar-refractivity contribution in [1.82, 2.24) is 4.98 Å². The van der Waals surface area contributed by atoms with Crippen LogP contribution < -0.4 is 0 Å². The monoisotopic (exact) mass is 501 g/mol. The number of Topliss-reactive ketones (excluding diaryl/α,β-unsaturated/α-hetero) is 1. The van der Waals surface area contributed by atoms with Crippen LogP contribution in [0.1, 0.15) is 59.7 Å². The minimum Gasteiger partial charge on any atom is -0.508 e. The van der Waals surface area contributed by atoms with Crippen LogP contribution in [-0.2, 0) is 13.0 Å². The summed E-state index contributed by atoms with van der Waals surface area (Å²) in [5, 5.41) is 31.3. The smallest absolute Gasteiger partial charge is 0.167 e. The Morgan fingerprint density at radius 2 is 1.86 bits per heavy atom. The van der Waals surface area contributed by atoms with Crippen LogP contribution in [0.2, 0.25) is 5.02 Å². The van der Waals surface area contributed by atoms with Crippen LogP contribution in [0, 0.1) is 5.41 Å². The molecular weight excluding hydrogens is 474 g/mol. The Kier molecular flexibility index (Phi) is 6.23. The van der Waals surface area contributed by atoms with Crippen LogP contribution in [0.25, 0.3) is 22.2 Å². The Hall–Kier alpha value is -3.41. The number of phenols is 2. The minimum absolute atomic E-state index is 0.0278. The molecule has 5 nitrogen and oxygen atoms in total. The number of aromatic nitrogens is 1. The van der Waals surface area contributed by atoms with E-state index in [2.05, 4.69) is 26.0 Å². The van der Waals surface area contributed by atoms with Gasteiger partial charge in [0.05, 0.1) is 23.4 Å². The lowest BCUT2D eigenvalue weighted by Gasteiger charge is -2.40. The number of aryl methyl sites for hydroxylation is 1. The lowest BCUT2D eigenvalue weighted by Crippen LogP contribution is -2.30. The fraction of sp³-hybridized carbons (Fsp3) is 0.267. The van der Waals surface area contributed by atoms with Gasteiger partial charge in [0.2, 0.25) is 0 Å². The first kappa shape index (κ1) is 24.3. The number of carbonyl (C=O) groups is 1. The highest BCUT2D eigenvalue weighted by atomic mass is 35.5. The first-order chi connectivity index (χ1) is 17.2. The van der Waals surface area contributed by atoms with Gasteiger partial charge in [0.25, 0.3) is 0 Å². The highest BCUT2D eigenvalue weighted by molar-refractivity contribution is 6.31. The molecule has 1 unspecified atom stereocenters. The normalized spacial score (nSPS) is 16.6. The number of hydrogen-bond acceptors (Lipinski definition) is 5. The summed E-state index contributed by atoms with van der Waals surface area (Å²) in [6.45, 7) is 4.22. The van der Waals surface area contributed by atoms with Gasteiger partial charge in [0, 0.05) is 34.0 Å². The number of aliphatic hydroxyl groups is 1. The van der Waals surface area contributed by atoms with Crippen LogP contribution in [-0.4, -0.2) is 26.1 Å². The second-order valence-corrected chi connectivity index (χ2v) is 10.7. The van der Waals surface area contributed by atoms with E-state index in [9.17, 15) is 20.1 Å². The van der Waals surface area contributed by atoms with Crippen LogP contribution >= 0.6 is 11.6 Å². The number of hydrogen-bond donors (Lipinski definition) is 3. The van der Waals surface area contributed by atoms with Crippen molar-refractivity contribution in [2.75, 3.05) is 0 Å². The number of rotatable bonds is 5. The minimum atomic E-state index is -0.204. The highest BCUT2D eigenvalue weighted by Crippen LogP contribution is 2.48. The average Bonchev–Trinajstić information content (AvgIpc) is 2.84. The van der Waals surface area contributed by atoms with Gasteiger partial charge in [-0.05, 0) is 77.8 Å². The third kappa shape index (κ3) is 4.45. The number of halogens is 1. The largest absolute Gasteiger partial charge is 0.508 e. The molecule has 3 N–H and O–H groups in total. The third-order valence-electron chi connectivity index (χ3n) is 7.47. The van der Waals surface area contributed by atoms with E-state index in [1.165, 1.54) is 23.8 Å². The van der Waals surface area contributed by atoms with E-state index in [4.69, 9.17) is 16.6 Å². The van der Waals surface area contributed by atoms with Crippen LogP contribution in [0.15, 0.2) is 60.7 Å². The predicted molar refractivity (Wildman–Crippen MR) is 142 cm³/mol. The molecule has 0 radical (unpaired) electrons. The van der Waals surface area contributed by atoms with E-state index in [1.54, 1.807) is 0 Å². The molecule has 1 aromatic heterocycles. The molecule has 36 heavy (non-hydrogen) atoms. The van der Waals surface area contributed by atoms with Gasteiger partial charge in [-0.25, -0.2) is 4.98 Å². The van der Waals surface area contributed by atoms with E-state index >= 15 is 0 Å². The van der Waals surface area contributed by atoms with Crippen molar-refractivity contribution in [2.24, 2.45) is 5.41 Å². The molecule has 1 heterocycles. The molecule has 5 rings (SSSR count). The summed E-state index contributed by atoms with van der Waals surface area (Å²) in [6.07, 6.45) is 2.05. The zero-order valence-electron chi connectivity index (χ0n) is 20.3. The number of aromatic hydroxyl groups is 2. The number of phenolic OH excluding ortho intramolecular Hbond substituents is 2. The fourth-order valence-corrected chi connectivity index (χ4v) is 5.54. The first-order valence-electron chi connectivity index (χ1n) is 12.0. The molecule has 3 aromatic carbocycles. The predicted octanol–water partition coefficient (Wildman–Crippen LogP) is 6.79. The van der Waals surface area contributed by atoms with Crippen LogP contribution in [0.4, 0.5) is 0 Å². The summed E-state index contributed by atoms with van der Waals surface area (Å²) in [7, 11) is 0. The SMILES string of the molecule is CC1(C)CCc2cc(-c3nc4ccc(Cl)cc4cc3CO)ccc2C1CC(=O)c1ccc(O)cc1O. The molecule has 4 aromatic rings. The number of aliphatic hydroxyl groups excluding tert-OH is 1. The summed E-state index contributed by atoms with van der Waals surface area (Å²) in [5.74, 6) is -0.461. The van der Waals surface area contributed by atoms with Crippen molar-refractivity contribution in [3.05, 3.63) is 87.9 Å². The van der Waals surface area contributed by atoms with Gasteiger partial charge in [0.15, 0.2) is 5.78 Å². The van der Waals surface area contributed by atoms with E-state index in [0.717, 1.165) is 46.1 Å². The van der Waals surface area contributed by atoms with Crippen molar-refractivity contribution in [3.63, 3.8) is 0 Å². The summed E-state index contributed by atoms with van der Waals surface area (Å²) in [4.78, 5) is 18.0. The molecular formula is C30H28ClNO4. The number of pyridine rings is 1. The summed E-state index contributed by atoms with van der Waals surface area (Å²) >= 11 is 6.14. The van der Waals surface area contributed by atoms with Crippen molar-refractivity contribution in [1.29, 1.82) is 0 Å².